The smallest absolute Gasteiger partial charge is 0.123 e. The molecule has 0 aromatic heterocycles. The fourth-order valence-corrected chi connectivity index (χ4v) is 6.84. The Kier molecular flexibility index (Phi) is 6.20. The molecule has 1 unspecified atom stereocenters. The first-order valence-electron chi connectivity index (χ1n) is 15.2. The van der Waals surface area contributed by atoms with Crippen molar-refractivity contribution in [3.05, 3.63) is 150 Å². The molecule has 7 aromatic carbocycles. The lowest BCUT2D eigenvalue weighted by atomic mass is 9.81. The van der Waals surface area contributed by atoms with Gasteiger partial charge in [-0.3, -0.25) is 0 Å². The largest absolute Gasteiger partial charge is 0.243 e. The lowest BCUT2D eigenvalue weighted by Gasteiger charge is -2.22. The molecule has 0 amide bonds. The number of hydrogen-bond acceptors (Lipinski definition) is 0. The van der Waals surface area contributed by atoms with Gasteiger partial charge in [0.1, 0.15) is 12.0 Å². The fourth-order valence-electron chi connectivity index (χ4n) is 6.84. The van der Waals surface area contributed by atoms with E-state index in [1.54, 1.807) is 6.08 Å². The van der Waals surface area contributed by atoms with Gasteiger partial charge in [-0.15, -0.1) is 0 Å². The highest BCUT2D eigenvalue weighted by atomic mass is 19.1. The highest BCUT2D eigenvalue weighted by Gasteiger charge is 2.21. The van der Waals surface area contributed by atoms with Crippen molar-refractivity contribution < 1.29 is 8.78 Å². The quantitative estimate of drug-likeness (QED) is 0.184. The normalized spacial score (nSPS) is 15.0. The van der Waals surface area contributed by atoms with Gasteiger partial charge in [-0.05, 0) is 121 Å². The Hall–Kier alpha value is -5.08. The average molecular weight is 573 g/mol. The van der Waals surface area contributed by atoms with Crippen LogP contribution in [0.15, 0.2) is 127 Å². The Morgan fingerprint density at radius 3 is 1.36 bits per heavy atom. The molecule has 8 rings (SSSR count). The highest BCUT2D eigenvalue weighted by molar-refractivity contribution is 6.31. The van der Waals surface area contributed by atoms with E-state index in [2.05, 4.69) is 98.8 Å². The van der Waals surface area contributed by atoms with E-state index in [1.807, 2.05) is 24.3 Å². The number of aryl methyl sites for hydroxylation is 2. The SMILES string of the molecule is Cc1ccc(-c2cc(C3=CCC(F)C=C3)c3ccc4c(-c5ccc(C)cc5)cc(-c5ccc(F)cc5)c5ccc2c3c45)cc1. The van der Waals surface area contributed by atoms with Crippen LogP contribution in [0.5, 0.6) is 0 Å². The van der Waals surface area contributed by atoms with Crippen LogP contribution >= 0.6 is 0 Å². The molecule has 0 saturated carbocycles. The van der Waals surface area contributed by atoms with E-state index in [4.69, 9.17) is 0 Å². The summed E-state index contributed by atoms with van der Waals surface area (Å²) in [5, 5.41) is 7.02. The van der Waals surface area contributed by atoms with Crippen molar-refractivity contribution in [1.29, 1.82) is 0 Å². The van der Waals surface area contributed by atoms with Gasteiger partial charge in [-0.2, -0.15) is 0 Å². The Morgan fingerprint density at radius 2 is 0.932 bits per heavy atom. The Labute approximate surface area is 255 Å². The molecule has 0 nitrogen and oxygen atoms in total. The molecule has 0 aliphatic heterocycles. The molecule has 1 aliphatic carbocycles. The van der Waals surface area contributed by atoms with Gasteiger partial charge in [0, 0.05) is 6.42 Å². The van der Waals surface area contributed by atoms with Crippen LogP contribution < -0.4 is 0 Å². The predicted molar refractivity (Wildman–Crippen MR) is 183 cm³/mol. The number of halogens is 2. The van der Waals surface area contributed by atoms with Crippen molar-refractivity contribution in [1.82, 2.24) is 0 Å². The molecular weight excluding hydrogens is 542 g/mol. The number of hydrogen-bond donors (Lipinski definition) is 0. The third-order valence-electron chi connectivity index (χ3n) is 9.14. The minimum absolute atomic E-state index is 0.248. The summed E-state index contributed by atoms with van der Waals surface area (Å²) < 4.78 is 28.3. The molecule has 0 saturated heterocycles. The topological polar surface area (TPSA) is 0 Å². The Balaban J connectivity index is 1.54. The van der Waals surface area contributed by atoms with Crippen LogP contribution in [0.1, 0.15) is 23.1 Å². The van der Waals surface area contributed by atoms with Crippen LogP contribution in [0, 0.1) is 19.7 Å². The van der Waals surface area contributed by atoms with Crippen molar-refractivity contribution >= 4 is 37.9 Å². The molecular formula is C42H30F2. The summed E-state index contributed by atoms with van der Waals surface area (Å²) >= 11 is 0. The Bertz CT molecular complexity index is 2190. The van der Waals surface area contributed by atoms with E-state index in [9.17, 15) is 8.78 Å². The average Bonchev–Trinajstić information content (AvgIpc) is 3.05. The monoisotopic (exact) mass is 572 g/mol. The van der Waals surface area contributed by atoms with E-state index in [1.165, 1.54) is 44.8 Å². The summed E-state index contributed by atoms with van der Waals surface area (Å²) in [6.07, 6.45) is 5.05. The van der Waals surface area contributed by atoms with Crippen molar-refractivity contribution in [2.45, 2.75) is 26.4 Å². The number of rotatable bonds is 4. The van der Waals surface area contributed by atoms with Gasteiger partial charge in [0.05, 0.1) is 0 Å². The van der Waals surface area contributed by atoms with Gasteiger partial charge in [-0.25, -0.2) is 8.78 Å². The van der Waals surface area contributed by atoms with Crippen LogP contribution in [-0.2, 0) is 0 Å². The second-order valence-corrected chi connectivity index (χ2v) is 12.0. The molecule has 2 heteroatoms. The van der Waals surface area contributed by atoms with Crippen LogP contribution in [0.25, 0.3) is 71.3 Å². The molecule has 0 spiro atoms. The molecule has 1 aliphatic rings. The zero-order valence-electron chi connectivity index (χ0n) is 24.7. The van der Waals surface area contributed by atoms with Gasteiger partial charge in [0.2, 0.25) is 0 Å². The van der Waals surface area contributed by atoms with Crippen molar-refractivity contribution in [3.8, 4) is 33.4 Å². The lowest BCUT2D eigenvalue weighted by Crippen LogP contribution is -2.00. The molecule has 0 bridgehead atoms. The third kappa shape index (κ3) is 4.33. The first kappa shape index (κ1) is 26.5. The summed E-state index contributed by atoms with van der Waals surface area (Å²) in [5.41, 5.74) is 11.2. The van der Waals surface area contributed by atoms with E-state index >= 15 is 0 Å². The first-order chi connectivity index (χ1) is 21.4. The van der Waals surface area contributed by atoms with Crippen LogP contribution in [0.4, 0.5) is 8.78 Å². The summed E-state index contributed by atoms with van der Waals surface area (Å²) in [4.78, 5) is 0. The van der Waals surface area contributed by atoms with Gasteiger partial charge in [0.25, 0.3) is 0 Å². The molecule has 0 heterocycles. The molecule has 212 valence electrons. The maximum absolute atomic E-state index is 14.2. The summed E-state index contributed by atoms with van der Waals surface area (Å²) in [6.45, 7) is 4.21. The first-order valence-corrected chi connectivity index (χ1v) is 15.2. The zero-order valence-corrected chi connectivity index (χ0v) is 24.7. The number of alkyl halides is 1. The Morgan fingerprint density at radius 1 is 0.523 bits per heavy atom. The van der Waals surface area contributed by atoms with Crippen LogP contribution in [0.2, 0.25) is 0 Å². The second kappa shape index (κ2) is 10.3. The van der Waals surface area contributed by atoms with Gasteiger partial charge in [0.15, 0.2) is 0 Å². The van der Waals surface area contributed by atoms with Crippen LogP contribution in [0.3, 0.4) is 0 Å². The van der Waals surface area contributed by atoms with Gasteiger partial charge in [-0.1, -0.05) is 108 Å². The van der Waals surface area contributed by atoms with Crippen molar-refractivity contribution in [3.63, 3.8) is 0 Å². The van der Waals surface area contributed by atoms with E-state index < -0.39 is 6.17 Å². The van der Waals surface area contributed by atoms with Crippen molar-refractivity contribution in [2.75, 3.05) is 0 Å². The minimum Gasteiger partial charge on any atom is -0.243 e. The van der Waals surface area contributed by atoms with E-state index in [0.717, 1.165) is 55.3 Å². The molecule has 0 fully saturated rings. The third-order valence-corrected chi connectivity index (χ3v) is 9.14. The molecule has 7 aromatic rings. The van der Waals surface area contributed by atoms with Gasteiger partial charge >= 0.3 is 0 Å². The van der Waals surface area contributed by atoms with E-state index in [0.29, 0.717) is 6.42 Å². The predicted octanol–water partition coefficient (Wildman–Crippen LogP) is 12.0. The molecule has 1 atom stereocenters. The second-order valence-electron chi connectivity index (χ2n) is 12.0. The maximum Gasteiger partial charge on any atom is 0.123 e. The summed E-state index contributed by atoms with van der Waals surface area (Å²) in [6, 6.07) is 37.7. The fraction of sp³-hybridized carbons (Fsp3) is 0.0952. The standard InChI is InChI=1S/C42H30F2/c1-25-3-7-27(8-4-25)37-23-39(29-11-15-31(43)16-12-29)35-22-20-34-38(28-9-5-26(2)6-10-28)24-40(30-13-17-32(44)18-14-30)36-21-19-33(37)41(35)42(34)36/h3-17,19-24,32H,18H2,1-2H3. The maximum atomic E-state index is 14.2. The summed E-state index contributed by atoms with van der Waals surface area (Å²) in [7, 11) is 0. The zero-order chi connectivity index (χ0) is 29.9. The van der Waals surface area contributed by atoms with Gasteiger partial charge < -0.3 is 0 Å². The molecule has 0 radical (unpaired) electrons. The van der Waals surface area contributed by atoms with Crippen LogP contribution in [-0.4, -0.2) is 6.17 Å². The molecule has 44 heavy (non-hydrogen) atoms. The lowest BCUT2D eigenvalue weighted by molar-refractivity contribution is 0.402. The highest BCUT2D eigenvalue weighted by Crippen LogP contribution is 2.48. The minimum atomic E-state index is -0.953. The number of allylic oxidation sites excluding steroid dienone is 4. The molecule has 0 N–H and O–H groups in total. The number of benzene rings is 7. The summed E-state index contributed by atoms with van der Waals surface area (Å²) in [5.74, 6) is -0.248. The van der Waals surface area contributed by atoms with E-state index in [-0.39, 0.29) is 5.82 Å². The van der Waals surface area contributed by atoms with Crippen molar-refractivity contribution in [2.24, 2.45) is 0 Å².